The zero-order valence-corrected chi connectivity index (χ0v) is 46.9. The zero-order chi connectivity index (χ0) is 47.9. The normalized spacial score (nSPS) is 28.3. The van der Waals surface area contributed by atoms with E-state index in [9.17, 15) is 8.42 Å². The number of hydrogen-bond acceptors (Lipinski definition) is 9. The Morgan fingerprint density at radius 2 is 1.41 bits per heavy atom. The third-order valence-electron chi connectivity index (χ3n) is 16.1. The molecular formula is C51H92O9SSi3. The fraction of sp³-hybridized carbons (Fsp3) is 0.804. The van der Waals surface area contributed by atoms with E-state index in [-0.39, 0.29) is 52.3 Å². The smallest absolute Gasteiger partial charge is 0.192 e. The number of benzene rings is 1. The van der Waals surface area contributed by atoms with Gasteiger partial charge in [-0.1, -0.05) is 101 Å². The number of hydrogen-bond donors (Lipinski definition) is 0. The molecule has 0 bridgehead atoms. The summed E-state index contributed by atoms with van der Waals surface area (Å²) in [6.45, 7) is 42.0. The number of methoxy groups -OCH3 is 1. The predicted molar refractivity (Wildman–Crippen MR) is 272 cm³/mol. The van der Waals surface area contributed by atoms with E-state index in [1.807, 2.05) is 6.07 Å². The van der Waals surface area contributed by atoms with Crippen LogP contribution in [-0.4, -0.2) is 108 Å². The summed E-state index contributed by atoms with van der Waals surface area (Å²) in [5.74, 6) is -0.300. The Kier molecular flexibility index (Phi) is 20.1. The lowest BCUT2D eigenvalue weighted by Crippen LogP contribution is -2.49. The molecule has 0 saturated carbocycles. The summed E-state index contributed by atoms with van der Waals surface area (Å²) in [5.41, 5.74) is 2.22. The molecule has 3 heterocycles. The monoisotopic (exact) mass is 965 g/mol. The molecule has 3 aliphatic heterocycles. The van der Waals surface area contributed by atoms with Gasteiger partial charge >= 0.3 is 0 Å². The van der Waals surface area contributed by atoms with E-state index in [0.29, 0.717) is 24.3 Å². The third-order valence-corrected chi connectivity index (χ3v) is 31.7. The highest BCUT2D eigenvalue weighted by Gasteiger charge is 2.50. The fourth-order valence-electron chi connectivity index (χ4n) is 9.41. The van der Waals surface area contributed by atoms with Crippen LogP contribution >= 0.6 is 0 Å². The van der Waals surface area contributed by atoms with Gasteiger partial charge in [0.1, 0.15) is 0 Å². The molecule has 3 aliphatic rings. The second kappa shape index (κ2) is 23.1. The molecule has 0 unspecified atom stereocenters. The molecule has 9 nitrogen and oxygen atoms in total. The van der Waals surface area contributed by atoms with E-state index in [1.165, 1.54) is 23.7 Å². The highest BCUT2D eigenvalue weighted by atomic mass is 32.2. The minimum Gasteiger partial charge on any atom is -0.417 e. The summed E-state index contributed by atoms with van der Waals surface area (Å²) in [5, 5.41) is 0.0232. The molecule has 1 aromatic carbocycles. The lowest BCUT2D eigenvalue weighted by molar-refractivity contribution is -0.0782. The van der Waals surface area contributed by atoms with Crippen molar-refractivity contribution in [3.8, 4) is 0 Å². The van der Waals surface area contributed by atoms with Gasteiger partial charge in [0.15, 0.2) is 34.8 Å². The van der Waals surface area contributed by atoms with Crippen molar-refractivity contribution in [3.05, 3.63) is 54.6 Å². The second-order valence-electron chi connectivity index (χ2n) is 22.6. The van der Waals surface area contributed by atoms with Crippen LogP contribution in [0, 0.1) is 11.8 Å². The van der Waals surface area contributed by atoms with Crippen LogP contribution in [0.3, 0.4) is 0 Å². The molecule has 0 aliphatic carbocycles. The summed E-state index contributed by atoms with van der Waals surface area (Å²) in [6, 6.07) is 12.3. The lowest BCUT2D eigenvalue weighted by atomic mass is 9.83. The summed E-state index contributed by atoms with van der Waals surface area (Å²) in [6.07, 6.45) is 4.90. The first-order valence-electron chi connectivity index (χ1n) is 24.8. The van der Waals surface area contributed by atoms with Crippen molar-refractivity contribution in [1.82, 2.24) is 0 Å². The van der Waals surface area contributed by atoms with E-state index in [2.05, 4.69) is 109 Å². The first kappa shape index (κ1) is 55.6. The van der Waals surface area contributed by atoms with Gasteiger partial charge in [0.2, 0.25) is 0 Å². The van der Waals surface area contributed by atoms with Gasteiger partial charge in [0.25, 0.3) is 0 Å². The minimum absolute atomic E-state index is 0.0135. The Hall–Kier alpha value is -0.979. The average molecular weight is 966 g/mol. The molecule has 64 heavy (non-hydrogen) atoms. The molecule has 1 aromatic rings. The quantitative estimate of drug-likeness (QED) is 0.0570. The van der Waals surface area contributed by atoms with Gasteiger partial charge in [0.05, 0.1) is 66.1 Å². The summed E-state index contributed by atoms with van der Waals surface area (Å²) < 4.78 is 75.9. The Morgan fingerprint density at radius 1 is 0.797 bits per heavy atom. The fourth-order valence-corrected chi connectivity index (χ4v) is 16.2. The predicted octanol–water partition coefficient (Wildman–Crippen LogP) is 12.7. The topological polar surface area (TPSA) is 98.8 Å². The summed E-state index contributed by atoms with van der Waals surface area (Å²) in [4.78, 5) is 0.306. The molecule has 3 fully saturated rings. The van der Waals surface area contributed by atoms with Crippen molar-refractivity contribution in [2.45, 2.75) is 229 Å². The number of ether oxygens (including phenoxy) is 4. The average Bonchev–Trinajstić information content (AvgIpc) is 3.74. The molecule has 4 rings (SSSR count). The van der Waals surface area contributed by atoms with Crippen LogP contribution in [0.5, 0.6) is 0 Å². The maximum atomic E-state index is 14.2. The highest BCUT2D eigenvalue weighted by Crippen LogP contribution is 2.44. The Bertz CT molecular complexity index is 1730. The molecule has 0 amide bonds. The Labute approximate surface area is 394 Å². The van der Waals surface area contributed by atoms with E-state index in [4.69, 9.17) is 32.2 Å². The molecule has 13 heteroatoms. The van der Waals surface area contributed by atoms with Crippen LogP contribution in [0.25, 0.3) is 0 Å². The maximum Gasteiger partial charge on any atom is 0.192 e. The van der Waals surface area contributed by atoms with Gasteiger partial charge in [-0.05, 0) is 122 Å². The third kappa shape index (κ3) is 14.5. The molecule has 0 N–H and O–H groups in total. The largest absolute Gasteiger partial charge is 0.417 e. The van der Waals surface area contributed by atoms with E-state index < -0.39 is 59.0 Å². The van der Waals surface area contributed by atoms with Gasteiger partial charge in [-0.15, -0.1) is 0 Å². The lowest BCUT2D eigenvalue weighted by Gasteiger charge is -2.42. The molecule has 0 aromatic heterocycles. The first-order valence-corrected chi connectivity index (χ1v) is 34.8. The van der Waals surface area contributed by atoms with Gasteiger partial charge in [0, 0.05) is 32.5 Å². The standard InChI is InChI=1S/C51H92O9SSi3/c1-18-64(19-2,20-3)55-30-24-25-40-32-38(5)45(57-40)29-28-41-31-37(4)39(6)46(58-41)34-47-44(36-61(52,53)43-26-22-21-23-27-43)49(54-13)48(59-47)33-42(60-63(16,17)51(10,11)12)35-56-62(14,15)50(7,8)9/h21-23,26-27,37,40-42,44-49H,5-6,18-20,24-25,28-36H2,1-4,7-17H3/t37-,40+,41+,42+,44+,45+,46-,47+,48-,49-/m1/s1. The van der Waals surface area contributed by atoms with Crippen molar-refractivity contribution in [3.63, 3.8) is 0 Å². The number of sulfone groups is 1. The molecule has 10 atom stereocenters. The van der Waals surface area contributed by atoms with Crippen LogP contribution in [0.2, 0.25) is 54.4 Å². The SMILES string of the molecule is C=C1C[C@H](CCCO[Si](CC)(CC)CC)O[C@H]1CC[C@H]1C[C@@H](C)C(=C)[C@@H](C[C@@H]2O[C@H](C[C@@H](CO[Si](C)(C)C(C)(C)C)O[Si](C)(C)C(C)(C)C)[C@H](OC)[C@H]2CS(=O)(=O)c2ccccc2)O1. The second-order valence-corrected chi connectivity index (χ2v) is 39.0. The summed E-state index contributed by atoms with van der Waals surface area (Å²) >= 11 is 0. The van der Waals surface area contributed by atoms with Crippen LogP contribution in [0.4, 0.5) is 0 Å². The van der Waals surface area contributed by atoms with Crippen molar-refractivity contribution < 1.29 is 40.6 Å². The first-order chi connectivity index (χ1) is 29.7. The maximum absolute atomic E-state index is 14.2. The molecule has 0 spiro atoms. The molecule has 3 saturated heterocycles. The highest BCUT2D eigenvalue weighted by molar-refractivity contribution is 7.91. The van der Waals surface area contributed by atoms with Crippen LogP contribution < -0.4 is 0 Å². The van der Waals surface area contributed by atoms with Crippen molar-refractivity contribution in [1.29, 1.82) is 0 Å². The molecular weight excluding hydrogens is 873 g/mol. The van der Waals surface area contributed by atoms with E-state index in [1.54, 1.807) is 31.4 Å². The van der Waals surface area contributed by atoms with Crippen molar-refractivity contribution >= 4 is 34.8 Å². The van der Waals surface area contributed by atoms with Crippen LogP contribution in [0.15, 0.2) is 59.5 Å². The van der Waals surface area contributed by atoms with Crippen molar-refractivity contribution in [2.75, 3.05) is 26.1 Å². The van der Waals surface area contributed by atoms with E-state index >= 15 is 0 Å². The molecule has 0 radical (unpaired) electrons. The van der Waals surface area contributed by atoms with Crippen molar-refractivity contribution in [2.24, 2.45) is 11.8 Å². The van der Waals surface area contributed by atoms with Gasteiger partial charge in [-0.3, -0.25) is 0 Å². The summed E-state index contributed by atoms with van der Waals surface area (Å²) in [7, 11) is -7.93. The number of rotatable bonds is 24. The Balaban J connectivity index is 1.51. The molecule has 368 valence electrons. The van der Waals surface area contributed by atoms with Gasteiger partial charge in [-0.25, -0.2) is 8.42 Å². The van der Waals surface area contributed by atoms with Gasteiger partial charge < -0.3 is 32.2 Å². The van der Waals surface area contributed by atoms with E-state index in [0.717, 1.165) is 50.7 Å². The zero-order valence-electron chi connectivity index (χ0n) is 43.1. The van der Waals surface area contributed by atoms with Crippen LogP contribution in [0.1, 0.15) is 121 Å². The van der Waals surface area contributed by atoms with Gasteiger partial charge in [-0.2, -0.15) is 0 Å². The Morgan fingerprint density at radius 3 is 1.98 bits per heavy atom. The minimum atomic E-state index is -3.68. The van der Waals surface area contributed by atoms with Crippen LogP contribution in [-0.2, 0) is 42.1 Å².